The van der Waals surface area contributed by atoms with Crippen LogP contribution in [0.25, 0.3) is 0 Å². The van der Waals surface area contributed by atoms with E-state index in [9.17, 15) is 9.59 Å². The molecule has 1 N–H and O–H groups in total. The molecule has 1 atom stereocenters. The maximum absolute atomic E-state index is 15.1. The monoisotopic (exact) mass is 491 g/mol. The molecule has 2 amide bonds. The number of likely N-dealkylation sites (N-methyl/N-ethyl adjacent to an activating group) is 2. The molecule has 33 heavy (non-hydrogen) atoms. The predicted octanol–water partition coefficient (Wildman–Crippen LogP) is 5.75. The van der Waals surface area contributed by atoms with Gasteiger partial charge >= 0.3 is 0 Å². The number of rotatable bonds is 7. The first-order chi connectivity index (χ1) is 15.3. The van der Waals surface area contributed by atoms with Crippen molar-refractivity contribution in [1.29, 1.82) is 0 Å². The highest BCUT2D eigenvalue weighted by atomic mass is 35.5. The van der Waals surface area contributed by atoms with Crippen LogP contribution in [0.1, 0.15) is 38.3 Å². The minimum absolute atomic E-state index is 0.00547. The van der Waals surface area contributed by atoms with Crippen LogP contribution < -0.4 is 10.2 Å². The number of hydrogen-bond acceptors (Lipinski definition) is 3. The number of benzene rings is 2. The van der Waals surface area contributed by atoms with Gasteiger partial charge in [0.15, 0.2) is 0 Å². The average molecular weight is 492 g/mol. The third kappa shape index (κ3) is 4.46. The molecule has 8 heteroatoms. The Bertz CT molecular complexity index is 1130. The summed E-state index contributed by atoms with van der Waals surface area (Å²) in [4.78, 5) is 27.8. The van der Waals surface area contributed by atoms with Crippen molar-refractivity contribution in [1.82, 2.24) is 4.90 Å². The number of anilines is 2. The van der Waals surface area contributed by atoms with Crippen molar-refractivity contribution in [2.75, 3.05) is 30.9 Å². The van der Waals surface area contributed by atoms with Crippen molar-refractivity contribution in [3.8, 4) is 0 Å². The second-order valence-corrected chi connectivity index (χ2v) is 9.90. The molecule has 176 valence electrons. The number of carbonyl (C=O) groups excluding carboxylic acids is 2. The number of amides is 2. The second-order valence-electron chi connectivity index (χ2n) is 9.11. The van der Waals surface area contributed by atoms with Gasteiger partial charge in [-0.1, -0.05) is 35.8 Å². The van der Waals surface area contributed by atoms with Gasteiger partial charge in [-0.05, 0) is 63.1 Å². The second kappa shape index (κ2) is 8.99. The van der Waals surface area contributed by atoms with Crippen LogP contribution >= 0.6 is 23.2 Å². The number of hydrogen-bond donors (Lipinski definition) is 1. The maximum Gasteiger partial charge on any atom is 0.245 e. The standard InChI is InChI=1S/C25H28Cl2FN3O2/c1-7-20(32)30(5)13-12-25(4,21-18(28)11-10-17(26)22(21)27)29-15-8-9-16-19(14-15)31(6)23(33)24(16,2)3/h7-11,14,29H,1,12-13H2,2-6H3/t25-/m1/s1. The smallest absolute Gasteiger partial charge is 0.245 e. The zero-order chi connectivity index (χ0) is 24.7. The van der Waals surface area contributed by atoms with E-state index in [-0.39, 0.29) is 27.4 Å². The summed E-state index contributed by atoms with van der Waals surface area (Å²) < 4.78 is 15.1. The van der Waals surface area contributed by atoms with Crippen molar-refractivity contribution in [2.45, 2.75) is 38.1 Å². The van der Waals surface area contributed by atoms with Crippen LogP contribution in [0.3, 0.4) is 0 Å². The molecule has 1 aliphatic rings. The van der Waals surface area contributed by atoms with Crippen molar-refractivity contribution in [3.63, 3.8) is 0 Å². The molecule has 0 aliphatic carbocycles. The number of nitrogens with one attached hydrogen (secondary N) is 1. The molecule has 1 heterocycles. The Morgan fingerprint density at radius 3 is 2.61 bits per heavy atom. The van der Waals surface area contributed by atoms with Gasteiger partial charge in [0.2, 0.25) is 11.8 Å². The summed E-state index contributed by atoms with van der Waals surface area (Å²) in [5, 5.41) is 3.74. The third-order valence-corrected chi connectivity index (χ3v) is 7.19. The molecule has 2 aromatic carbocycles. The van der Waals surface area contributed by atoms with Crippen molar-refractivity contribution in [3.05, 3.63) is 70.0 Å². The Hall–Kier alpha value is -2.57. The molecule has 0 spiro atoms. The largest absolute Gasteiger partial charge is 0.376 e. The van der Waals surface area contributed by atoms with Crippen LogP contribution in [0.5, 0.6) is 0 Å². The molecular weight excluding hydrogens is 464 g/mol. The summed E-state index contributed by atoms with van der Waals surface area (Å²) in [7, 11) is 3.39. The van der Waals surface area contributed by atoms with Gasteiger partial charge in [-0.25, -0.2) is 4.39 Å². The highest BCUT2D eigenvalue weighted by Crippen LogP contribution is 2.44. The molecule has 1 aliphatic heterocycles. The van der Waals surface area contributed by atoms with Crippen LogP contribution in [-0.4, -0.2) is 37.4 Å². The van der Waals surface area contributed by atoms with Crippen molar-refractivity contribution in [2.24, 2.45) is 0 Å². The minimum Gasteiger partial charge on any atom is -0.376 e. The Morgan fingerprint density at radius 2 is 1.97 bits per heavy atom. The normalized spacial score (nSPS) is 16.2. The first-order valence-corrected chi connectivity index (χ1v) is 11.3. The first kappa shape index (κ1) is 25.1. The highest BCUT2D eigenvalue weighted by Gasteiger charge is 2.42. The van der Waals surface area contributed by atoms with Crippen LogP contribution in [0.2, 0.25) is 10.0 Å². The van der Waals surface area contributed by atoms with Gasteiger partial charge in [0.1, 0.15) is 5.82 Å². The molecule has 0 bridgehead atoms. The molecule has 0 fully saturated rings. The Balaban J connectivity index is 2.05. The van der Waals surface area contributed by atoms with Crippen LogP contribution in [0, 0.1) is 5.82 Å². The molecule has 2 aromatic rings. The highest BCUT2D eigenvalue weighted by molar-refractivity contribution is 6.42. The fourth-order valence-electron chi connectivity index (χ4n) is 4.32. The molecular formula is C25H28Cl2FN3O2. The zero-order valence-electron chi connectivity index (χ0n) is 19.4. The topological polar surface area (TPSA) is 52.7 Å². The van der Waals surface area contributed by atoms with E-state index in [2.05, 4.69) is 11.9 Å². The maximum atomic E-state index is 15.1. The fraction of sp³-hybridized carbons (Fsp3) is 0.360. The van der Waals surface area contributed by atoms with Gasteiger partial charge in [-0.15, -0.1) is 0 Å². The van der Waals surface area contributed by atoms with Gasteiger partial charge < -0.3 is 15.1 Å². The van der Waals surface area contributed by atoms with E-state index in [1.54, 1.807) is 19.0 Å². The number of carbonyl (C=O) groups is 2. The quantitative estimate of drug-likeness (QED) is 0.396. The van der Waals surface area contributed by atoms with Gasteiger partial charge in [0.05, 0.1) is 21.0 Å². The van der Waals surface area contributed by atoms with E-state index >= 15 is 4.39 Å². The summed E-state index contributed by atoms with van der Waals surface area (Å²) >= 11 is 12.7. The first-order valence-electron chi connectivity index (χ1n) is 10.6. The number of halogens is 3. The summed E-state index contributed by atoms with van der Waals surface area (Å²) in [6.45, 7) is 9.42. The molecule has 0 aromatic heterocycles. The predicted molar refractivity (Wildman–Crippen MR) is 133 cm³/mol. The minimum atomic E-state index is -1.02. The Morgan fingerprint density at radius 1 is 1.30 bits per heavy atom. The van der Waals surface area contributed by atoms with E-state index in [0.29, 0.717) is 18.7 Å². The SMILES string of the molecule is C=CC(=O)N(C)CC[C@@](C)(Nc1ccc2c(c1)N(C)C(=O)C2(C)C)c1c(F)ccc(Cl)c1Cl. The Labute approximate surface area is 204 Å². The summed E-state index contributed by atoms with van der Waals surface area (Å²) in [5.41, 5.74) is 0.956. The number of fused-ring (bicyclic) bond motifs is 1. The van der Waals surface area contributed by atoms with E-state index in [1.807, 2.05) is 39.0 Å². The lowest BCUT2D eigenvalue weighted by molar-refractivity contribution is -0.125. The van der Waals surface area contributed by atoms with Gasteiger partial charge in [-0.3, -0.25) is 9.59 Å². The van der Waals surface area contributed by atoms with Crippen molar-refractivity contribution < 1.29 is 14.0 Å². The van der Waals surface area contributed by atoms with Gasteiger partial charge in [0, 0.05) is 37.6 Å². The van der Waals surface area contributed by atoms with Gasteiger partial charge in [0.25, 0.3) is 0 Å². The third-order valence-electron chi connectivity index (χ3n) is 6.39. The molecule has 5 nitrogen and oxygen atoms in total. The molecule has 3 rings (SSSR count). The molecule has 0 saturated heterocycles. The summed E-state index contributed by atoms with van der Waals surface area (Å²) in [6.07, 6.45) is 1.56. The van der Waals surface area contributed by atoms with E-state index < -0.39 is 16.8 Å². The lowest BCUT2D eigenvalue weighted by Crippen LogP contribution is -2.38. The lowest BCUT2D eigenvalue weighted by Gasteiger charge is -2.35. The van der Waals surface area contributed by atoms with Crippen LogP contribution in [-0.2, 0) is 20.5 Å². The number of nitrogens with zero attached hydrogens (tertiary/aromatic N) is 2. The lowest BCUT2D eigenvalue weighted by atomic mass is 9.85. The van der Waals surface area contributed by atoms with Crippen LogP contribution in [0.15, 0.2) is 43.0 Å². The Kier molecular flexibility index (Phi) is 6.83. The fourth-order valence-corrected chi connectivity index (χ4v) is 4.84. The van der Waals surface area contributed by atoms with E-state index in [4.69, 9.17) is 23.2 Å². The zero-order valence-corrected chi connectivity index (χ0v) is 20.9. The molecule has 0 saturated carbocycles. The summed E-state index contributed by atoms with van der Waals surface area (Å²) in [6, 6.07) is 8.33. The molecule has 0 unspecified atom stereocenters. The van der Waals surface area contributed by atoms with E-state index in [1.165, 1.54) is 23.1 Å². The average Bonchev–Trinajstić information content (AvgIpc) is 2.94. The van der Waals surface area contributed by atoms with Gasteiger partial charge in [-0.2, -0.15) is 0 Å². The van der Waals surface area contributed by atoms with E-state index in [0.717, 1.165) is 11.3 Å². The van der Waals surface area contributed by atoms with Crippen LogP contribution in [0.4, 0.5) is 15.8 Å². The summed E-state index contributed by atoms with van der Waals surface area (Å²) in [5.74, 6) is -0.743. The van der Waals surface area contributed by atoms with Crippen molar-refractivity contribution >= 4 is 46.4 Å². The molecule has 0 radical (unpaired) electrons.